The minimum atomic E-state index is 0.292. The molecule has 0 saturated carbocycles. The lowest BCUT2D eigenvalue weighted by Crippen LogP contribution is -2.31. The first-order valence-corrected chi connectivity index (χ1v) is 41.3. The third-order valence-corrected chi connectivity index (χ3v) is 15.9. The summed E-state index contributed by atoms with van der Waals surface area (Å²) < 4.78 is 0. The van der Waals surface area contributed by atoms with Crippen molar-refractivity contribution in [3.05, 3.63) is 12.2 Å². The molecule has 0 atom stereocenters. The molecule has 10 aliphatic heterocycles. The van der Waals surface area contributed by atoms with E-state index in [1.165, 1.54) is 239 Å². The van der Waals surface area contributed by atoms with Crippen LogP contribution in [-0.4, -0.2) is 248 Å². The molecule has 10 rings (SSSR count). The summed E-state index contributed by atoms with van der Waals surface area (Å²) in [4.78, 5) is 54.3. The molecule has 10 aliphatic rings. The number of likely N-dealkylation sites (tertiary alicyclic amines) is 9. The minimum absolute atomic E-state index is 0.292. The third kappa shape index (κ3) is 93.9. The number of rotatable bonds is 0. The Hall–Kier alpha value is -2.13. The molecule has 0 bridgehead atoms. The number of hydrogen-bond acceptors (Lipinski definition) is 10. The zero-order valence-electron chi connectivity index (χ0n) is 71.6. The lowest BCUT2D eigenvalue weighted by molar-refractivity contribution is -0.132. The monoisotopic (exact) mass is 1360 g/mol. The van der Waals surface area contributed by atoms with E-state index in [1.807, 2.05) is 165 Å². The average molecular weight is 1360 g/mol. The zero-order chi connectivity index (χ0) is 75.2. The van der Waals surface area contributed by atoms with Crippen molar-refractivity contribution in [2.75, 3.05) is 182 Å². The highest BCUT2D eigenvalue weighted by molar-refractivity contribution is 5.77. The van der Waals surface area contributed by atoms with Crippen molar-refractivity contribution in [3.8, 4) is 0 Å². The number of amides is 3. The van der Waals surface area contributed by atoms with E-state index in [-0.39, 0.29) is 0 Å². The SMILES string of the molecule is CC.CC.CC.CC.CC.CC.CC.CC.CC.CC.CN1CC=CCC1.CN1CCCC1.CN1CCCC1=O.CN1CCCCC1.CN1CCCCC1.CN1CCCCC1=O.CN1CCCCCC1.CN1CCCCCC1.CN1CCCCCC1.CN1CCCCCC1=O. The van der Waals surface area contributed by atoms with Crippen molar-refractivity contribution >= 4 is 17.7 Å². The normalized spacial score (nSPS) is 19.5. The van der Waals surface area contributed by atoms with Gasteiger partial charge in [-0.25, -0.2) is 0 Å². The largest absolute Gasteiger partial charge is 0.346 e. The number of likely N-dealkylation sites (N-methyl/N-ethyl adjacent to an activating group) is 1. The second-order valence-electron chi connectivity index (χ2n) is 23.7. The van der Waals surface area contributed by atoms with Crippen molar-refractivity contribution in [2.45, 2.75) is 331 Å². The van der Waals surface area contributed by atoms with Crippen molar-refractivity contribution in [2.24, 2.45) is 0 Å². The van der Waals surface area contributed by atoms with Crippen LogP contribution in [0.2, 0.25) is 0 Å². The molecule has 0 unspecified atom stereocenters. The third-order valence-electron chi connectivity index (χ3n) is 15.9. The van der Waals surface area contributed by atoms with Crippen LogP contribution < -0.4 is 0 Å². The molecule has 3 amide bonds. The van der Waals surface area contributed by atoms with Gasteiger partial charge < -0.3 is 49.0 Å². The van der Waals surface area contributed by atoms with Crippen molar-refractivity contribution in [1.82, 2.24) is 49.0 Å². The molecule has 0 aromatic carbocycles. The van der Waals surface area contributed by atoms with Gasteiger partial charge in [0.25, 0.3) is 0 Å². The van der Waals surface area contributed by atoms with Gasteiger partial charge in [-0.1, -0.05) is 208 Å². The predicted molar refractivity (Wildman–Crippen MR) is 437 cm³/mol. The van der Waals surface area contributed by atoms with E-state index >= 15 is 0 Å². The number of piperidine rings is 3. The van der Waals surface area contributed by atoms with Gasteiger partial charge >= 0.3 is 0 Å². The Labute approximate surface area is 603 Å². The molecule has 0 N–H and O–H groups in total. The molecule has 95 heavy (non-hydrogen) atoms. The highest BCUT2D eigenvalue weighted by atomic mass is 16.2. The minimum Gasteiger partial charge on any atom is -0.346 e. The van der Waals surface area contributed by atoms with Crippen LogP contribution in [0.1, 0.15) is 331 Å². The molecule has 9 saturated heterocycles. The number of hydrogen-bond donors (Lipinski definition) is 0. The smallest absolute Gasteiger partial charge is 0.222 e. The number of carbonyl (C=O) groups excluding carboxylic acids is 3. The predicted octanol–water partition coefficient (Wildman–Crippen LogP) is 20.4. The fraction of sp³-hybridized carbons (Fsp3) is 0.939. The topological polar surface area (TPSA) is 83.6 Å². The molecule has 0 spiro atoms. The van der Waals surface area contributed by atoms with E-state index in [9.17, 15) is 14.4 Å². The number of nitrogens with zero attached hydrogens (tertiary/aromatic N) is 10. The molecule has 582 valence electrons. The fourth-order valence-corrected chi connectivity index (χ4v) is 10.3. The van der Waals surface area contributed by atoms with Crippen LogP contribution >= 0.6 is 0 Å². The van der Waals surface area contributed by atoms with Crippen LogP contribution in [0, 0.1) is 0 Å². The van der Waals surface area contributed by atoms with E-state index in [1.54, 1.807) is 9.80 Å². The lowest BCUT2D eigenvalue weighted by atomic mass is 10.1. The van der Waals surface area contributed by atoms with Gasteiger partial charge in [-0.2, -0.15) is 0 Å². The summed E-state index contributed by atoms with van der Waals surface area (Å²) in [6.45, 7) is 61.1. The summed E-state index contributed by atoms with van der Waals surface area (Å²) in [5.74, 6) is 0.906. The van der Waals surface area contributed by atoms with Gasteiger partial charge in [0.2, 0.25) is 17.7 Å². The molecule has 0 aromatic rings. The Morgan fingerprint density at radius 1 is 0.189 bits per heavy atom. The van der Waals surface area contributed by atoms with Gasteiger partial charge in [0.05, 0.1) is 0 Å². The summed E-state index contributed by atoms with van der Waals surface area (Å²) in [6, 6.07) is 0. The standard InChI is InChI=1S/C7H13NO.3C7H15N.C6H11NO.2C6H13N.C6H11N.C5H9NO.C5H11N.10C2H6/c1-8-6-4-2-3-5-7(8)9;3*1-8-6-4-2-3-5-7-8;1-7-5-3-2-4-6(7)8;3*1-7-5-3-2-4-6-7;1-6-4-2-3-5(6)7;1-6-4-2-3-5-6;10*1-2/h2-6H2,1H3;3*2-7H2,1H3;2-5H2,1H3;2*2-6H2,1H3;2-3H,4-6H2,1H3;2-4H2,1H3;2-5H2,1H3;10*1-2H3. The maximum atomic E-state index is 10.9. The fourth-order valence-electron chi connectivity index (χ4n) is 10.3. The van der Waals surface area contributed by atoms with Crippen molar-refractivity contribution in [1.29, 1.82) is 0 Å². The molecule has 0 aliphatic carbocycles. The quantitative estimate of drug-likeness (QED) is 0.219. The van der Waals surface area contributed by atoms with Gasteiger partial charge in [0, 0.05) is 73.1 Å². The second kappa shape index (κ2) is 103. The first kappa shape index (κ1) is 114. The summed E-state index contributed by atoms with van der Waals surface area (Å²) in [6.07, 6.45) is 43.3. The van der Waals surface area contributed by atoms with Crippen molar-refractivity contribution in [3.63, 3.8) is 0 Å². The molecular weight excluding hydrogens is 1170 g/mol. The number of carbonyl (C=O) groups is 3. The first-order valence-electron chi connectivity index (χ1n) is 41.3. The molecule has 0 aromatic heterocycles. The Morgan fingerprint density at radius 2 is 0.358 bits per heavy atom. The molecule has 0 radical (unpaired) electrons. The highest BCUT2D eigenvalue weighted by Crippen LogP contribution is 2.12. The summed E-state index contributed by atoms with van der Waals surface area (Å²) in [7, 11) is 20.9. The van der Waals surface area contributed by atoms with Crippen LogP contribution in [0.3, 0.4) is 0 Å². The van der Waals surface area contributed by atoms with E-state index in [2.05, 4.69) is 95.8 Å². The Kier molecular flexibility index (Phi) is 124. The van der Waals surface area contributed by atoms with Crippen LogP contribution in [0.4, 0.5) is 0 Å². The van der Waals surface area contributed by atoms with Gasteiger partial charge in [0.15, 0.2) is 0 Å². The van der Waals surface area contributed by atoms with Gasteiger partial charge in [0.1, 0.15) is 0 Å². The van der Waals surface area contributed by atoms with E-state index in [0.29, 0.717) is 17.7 Å². The Balaban J connectivity index is -0.000000103. The van der Waals surface area contributed by atoms with Crippen LogP contribution in [0.25, 0.3) is 0 Å². The Bertz CT molecular complexity index is 1280. The van der Waals surface area contributed by atoms with Gasteiger partial charge in [-0.3, -0.25) is 14.4 Å². The first-order chi connectivity index (χ1) is 46.2. The lowest BCUT2D eigenvalue weighted by Gasteiger charge is -2.21. The molecule has 10 heterocycles. The molecule has 9 fully saturated rings. The maximum Gasteiger partial charge on any atom is 0.222 e. The van der Waals surface area contributed by atoms with E-state index < -0.39 is 0 Å². The van der Waals surface area contributed by atoms with Crippen LogP contribution in [-0.2, 0) is 14.4 Å². The highest BCUT2D eigenvalue weighted by Gasteiger charge is 2.15. The second-order valence-corrected chi connectivity index (χ2v) is 23.7. The zero-order valence-corrected chi connectivity index (χ0v) is 71.6. The van der Waals surface area contributed by atoms with Crippen molar-refractivity contribution < 1.29 is 14.4 Å². The van der Waals surface area contributed by atoms with E-state index in [4.69, 9.17) is 0 Å². The van der Waals surface area contributed by atoms with Gasteiger partial charge in [-0.15, -0.1) is 0 Å². The van der Waals surface area contributed by atoms with Crippen LogP contribution in [0.5, 0.6) is 0 Å². The molecule has 13 nitrogen and oxygen atoms in total. The Morgan fingerprint density at radius 3 is 0.537 bits per heavy atom. The van der Waals surface area contributed by atoms with Gasteiger partial charge in [-0.05, 0) is 243 Å². The average Bonchev–Trinajstić information content (AvgIpc) is 4.12. The maximum absolute atomic E-state index is 10.9. The summed E-state index contributed by atoms with van der Waals surface area (Å²) in [5.41, 5.74) is 0. The molecular formula is C82H186N10O3. The van der Waals surface area contributed by atoms with E-state index in [0.717, 1.165) is 64.7 Å². The summed E-state index contributed by atoms with van der Waals surface area (Å²) in [5, 5.41) is 0. The summed E-state index contributed by atoms with van der Waals surface area (Å²) >= 11 is 0. The molecule has 13 heteroatoms. The van der Waals surface area contributed by atoms with Crippen LogP contribution in [0.15, 0.2) is 12.2 Å².